The molecule has 1 N–H and O–H groups in total. The summed E-state index contributed by atoms with van der Waals surface area (Å²) in [7, 11) is 5.97. The maximum Gasteiger partial charge on any atom is 0.361 e. The lowest BCUT2D eigenvalue weighted by atomic mass is 10.0. The molecule has 546 valence electrons. The minimum Gasteiger partial charge on any atom is -0.477 e. The molecule has 0 aliphatic heterocycles. The number of likely N-dealkylation sites (N-methyl/N-ethyl adjacent to an activating group) is 1. The van der Waals surface area contributed by atoms with Crippen LogP contribution in [0.4, 0.5) is 0 Å². The van der Waals surface area contributed by atoms with E-state index in [-0.39, 0.29) is 38.6 Å². The number of hydrogen-bond donors (Lipinski definition) is 1. The molecule has 0 aromatic heterocycles. The van der Waals surface area contributed by atoms with E-state index in [1.54, 1.807) is 0 Å². The van der Waals surface area contributed by atoms with Crippen molar-refractivity contribution in [3.63, 3.8) is 0 Å². The second-order valence-electron chi connectivity index (χ2n) is 26.2. The van der Waals surface area contributed by atoms with E-state index in [1.165, 1.54) is 96.3 Å². The Hall–Kier alpha value is -5.87. The molecule has 0 saturated carbocycles. The molecule has 0 heterocycles. The number of carboxylic acid groups (broad SMARTS) is 1. The molecule has 2 unspecified atom stereocenters. The van der Waals surface area contributed by atoms with Crippen molar-refractivity contribution in [1.29, 1.82) is 0 Å². The van der Waals surface area contributed by atoms with Crippen molar-refractivity contribution < 1.29 is 42.9 Å². The summed E-state index contributed by atoms with van der Waals surface area (Å²) in [5, 5.41) is 9.77. The monoisotopic (exact) mass is 1340 g/mol. The largest absolute Gasteiger partial charge is 0.477 e. The zero-order valence-corrected chi connectivity index (χ0v) is 62.4. The number of quaternary nitrogens is 1. The Kier molecular flexibility index (Phi) is 71.3. The molecule has 0 aromatic rings. The SMILES string of the molecule is CC/C=C\C/C=C\C/C=C\C/C=C\C/C=C\C/C=C\C/C=C\C/C=C\C/C=C\CCCCCCCCCCCCCCCC(=O)OC(COC(=O)CCCCCCCCCCC/C=C\C/C=C\C/C=C\C/C=C\C/C=C\C/C=C\C/C=C\CC)COC(OCC[N+](C)(C)C)C(=O)O. The second-order valence-corrected chi connectivity index (χ2v) is 26.2. The van der Waals surface area contributed by atoms with Crippen LogP contribution in [0.3, 0.4) is 0 Å². The van der Waals surface area contributed by atoms with E-state index >= 15 is 0 Å². The summed E-state index contributed by atoms with van der Waals surface area (Å²) in [6.45, 7) is 4.63. The molecule has 0 saturated heterocycles. The predicted molar refractivity (Wildman–Crippen MR) is 419 cm³/mol. The highest BCUT2D eigenvalue weighted by molar-refractivity contribution is 5.71. The van der Waals surface area contributed by atoms with Crippen molar-refractivity contribution in [1.82, 2.24) is 0 Å². The van der Waals surface area contributed by atoms with Crippen LogP contribution in [0, 0.1) is 0 Å². The summed E-state index contributed by atoms with van der Waals surface area (Å²) < 4.78 is 23.0. The van der Waals surface area contributed by atoms with Crippen LogP contribution in [0.2, 0.25) is 0 Å². The Bertz CT molecular complexity index is 2310. The smallest absolute Gasteiger partial charge is 0.361 e. The number of esters is 2. The first-order valence-corrected chi connectivity index (χ1v) is 38.6. The second kappa shape index (κ2) is 75.9. The van der Waals surface area contributed by atoms with Gasteiger partial charge >= 0.3 is 17.9 Å². The molecular formula is C88H142NO8+. The first kappa shape index (κ1) is 91.1. The van der Waals surface area contributed by atoms with Crippen molar-refractivity contribution in [2.24, 2.45) is 0 Å². The third kappa shape index (κ3) is 77.4. The van der Waals surface area contributed by atoms with Gasteiger partial charge in [0.25, 0.3) is 6.29 Å². The number of carbonyl (C=O) groups excluding carboxylic acids is 2. The molecule has 0 spiro atoms. The van der Waals surface area contributed by atoms with Crippen LogP contribution >= 0.6 is 0 Å². The fourth-order valence-corrected chi connectivity index (χ4v) is 10.0. The minimum atomic E-state index is -1.52. The fourth-order valence-electron chi connectivity index (χ4n) is 10.0. The number of hydrogen-bond acceptors (Lipinski definition) is 7. The predicted octanol–water partition coefficient (Wildman–Crippen LogP) is 24.9. The highest BCUT2D eigenvalue weighted by atomic mass is 16.7. The lowest BCUT2D eigenvalue weighted by Crippen LogP contribution is -2.40. The summed E-state index contributed by atoms with van der Waals surface area (Å²) in [6, 6.07) is 0. The third-order valence-electron chi connectivity index (χ3n) is 15.8. The van der Waals surface area contributed by atoms with E-state index in [0.29, 0.717) is 17.4 Å². The van der Waals surface area contributed by atoms with E-state index in [2.05, 4.69) is 208 Å². The third-order valence-corrected chi connectivity index (χ3v) is 15.8. The van der Waals surface area contributed by atoms with Crippen LogP contribution in [0.25, 0.3) is 0 Å². The van der Waals surface area contributed by atoms with Gasteiger partial charge in [-0.2, -0.15) is 0 Å². The first-order valence-electron chi connectivity index (χ1n) is 38.6. The maximum absolute atomic E-state index is 13.0. The Morgan fingerprint density at radius 2 is 0.557 bits per heavy atom. The number of unbranched alkanes of at least 4 members (excludes halogenated alkanes) is 22. The number of aliphatic carboxylic acids is 1. The Labute approximate surface area is 595 Å². The van der Waals surface area contributed by atoms with Crippen LogP contribution in [0.1, 0.15) is 284 Å². The van der Waals surface area contributed by atoms with Gasteiger partial charge in [0.15, 0.2) is 6.10 Å². The highest BCUT2D eigenvalue weighted by Gasteiger charge is 2.25. The van der Waals surface area contributed by atoms with Gasteiger partial charge in [0, 0.05) is 12.8 Å². The average Bonchev–Trinajstić information content (AvgIpc) is 3.27. The van der Waals surface area contributed by atoms with Crippen LogP contribution in [0.15, 0.2) is 194 Å². The number of carboxylic acids is 1. The molecule has 0 radical (unpaired) electrons. The van der Waals surface area contributed by atoms with Gasteiger partial charge in [-0.1, -0.05) is 324 Å². The zero-order valence-electron chi connectivity index (χ0n) is 62.4. The highest BCUT2D eigenvalue weighted by Crippen LogP contribution is 2.16. The van der Waals surface area contributed by atoms with Gasteiger partial charge in [-0.05, 0) is 141 Å². The summed E-state index contributed by atoms with van der Waals surface area (Å²) in [6.07, 6.45) is 114. The van der Waals surface area contributed by atoms with E-state index in [4.69, 9.17) is 18.9 Å². The summed E-state index contributed by atoms with van der Waals surface area (Å²) in [4.78, 5) is 37.7. The van der Waals surface area contributed by atoms with Crippen molar-refractivity contribution >= 4 is 17.9 Å². The van der Waals surface area contributed by atoms with E-state index < -0.39 is 24.3 Å². The molecule has 2 atom stereocenters. The summed E-state index contributed by atoms with van der Waals surface area (Å²) in [5.74, 6) is -2.03. The molecular weight excluding hydrogens is 1200 g/mol. The Morgan fingerprint density at radius 1 is 0.309 bits per heavy atom. The fraction of sp³-hybridized carbons (Fsp3) is 0.602. The van der Waals surface area contributed by atoms with E-state index in [9.17, 15) is 19.5 Å². The minimum absolute atomic E-state index is 0.178. The number of nitrogens with zero attached hydrogens (tertiary/aromatic N) is 1. The van der Waals surface area contributed by atoms with Gasteiger partial charge in [-0.3, -0.25) is 9.59 Å². The topological polar surface area (TPSA) is 108 Å². The molecule has 9 nitrogen and oxygen atoms in total. The van der Waals surface area contributed by atoms with Crippen molar-refractivity contribution in [3.05, 3.63) is 194 Å². The van der Waals surface area contributed by atoms with Crippen LogP contribution in [-0.2, 0) is 33.3 Å². The van der Waals surface area contributed by atoms with Gasteiger partial charge < -0.3 is 28.5 Å². The molecule has 0 aliphatic carbocycles. The van der Waals surface area contributed by atoms with Gasteiger partial charge in [0.1, 0.15) is 13.2 Å². The number of rotatable bonds is 69. The van der Waals surface area contributed by atoms with Gasteiger partial charge in [0.2, 0.25) is 0 Å². The van der Waals surface area contributed by atoms with Crippen molar-refractivity contribution in [2.75, 3.05) is 47.5 Å². The molecule has 0 aromatic carbocycles. The lowest BCUT2D eigenvalue weighted by molar-refractivity contribution is -0.870. The average molecular weight is 1340 g/mol. The molecule has 0 amide bonds. The van der Waals surface area contributed by atoms with Gasteiger partial charge in [0.05, 0.1) is 34.4 Å². The Morgan fingerprint density at radius 3 is 0.825 bits per heavy atom. The van der Waals surface area contributed by atoms with Crippen LogP contribution in [-0.4, -0.2) is 87.4 Å². The molecule has 0 rings (SSSR count). The molecule has 97 heavy (non-hydrogen) atoms. The molecule has 0 bridgehead atoms. The lowest BCUT2D eigenvalue weighted by Gasteiger charge is -2.25. The first-order chi connectivity index (χ1) is 47.6. The van der Waals surface area contributed by atoms with Gasteiger partial charge in [-0.25, -0.2) is 4.79 Å². The molecule has 9 heteroatoms. The van der Waals surface area contributed by atoms with Crippen molar-refractivity contribution in [2.45, 2.75) is 296 Å². The number of ether oxygens (including phenoxy) is 4. The summed E-state index contributed by atoms with van der Waals surface area (Å²) >= 11 is 0. The van der Waals surface area contributed by atoms with Crippen LogP contribution in [0.5, 0.6) is 0 Å². The number of carbonyl (C=O) groups is 3. The summed E-state index contributed by atoms with van der Waals surface area (Å²) in [5.41, 5.74) is 0. The van der Waals surface area contributed by atoms with E-state index in [0.717, 1.165) is 154 Å². The van der Waals surface area contributed by atoms with E-state index in [1.807, 2.05) is 21.1 Å². The Balaban J connectivity index is 4.14. The normalized spacial score (nSPS) is 13.8. The molecule has 0 aliphatic rings. The van der Waals surface area contributed by atoms with Crippen molar-refractivity contribution in [3.8, 4) is 0 Å². The zero-order chi connectivity index (χ0) is 70.4. The van der Waals surface area contributed by atoms with Gasteiger partial charge in [-0.15, -0.1) is 0 Å². The molecule has 0 fully saturated rings. The number of allylic oxidation sites excluding steroid dienone is 32. The van der Waals surface area contributed by atoms with Crippen LogP contribution < -0.4 is 0 Å². The maximum atomic E-state index is 13.0. The standard InChI is InChI=1S/C88H141NO8/c1-6-8-10-12-14-16-18-20-22-24-26-28-30-32-34-36-38-39-40-41-42-43-44-45-46-47-49-51-53-55-57-59-61-63-65-67-69-71-73-75-77-79-86(91)97-84(83-96-88(87(92)93)94-81-80-89(3,4)5)82-95-85(90)78-76-74-72-70-68-66-64-62-60-58-56-54-52-50-48-37-35-33-31-29-27-25-23-21-19-17-15-13-11-9-7-2/h8-11,14-17,20-23,26-29,32-35,38-39,41-42,44-45,47-50,54,56,84,88H,6-7,12-13,18-19,24-25,30-31,36-37,40,43,46,51-53,55,57-83H2,1-5H3/p+1/b10-8-,11-9-,16-14-,17-15-,22-20-,23-21-,28-26-,29-27-,34-32-,35-33-,39-38-,42-41-,45-44-,49-47-,50-48-,56-54-. The quantitative estimate of drug-likeness (QED) is 0.0211.